The van der Waals surface area contributed by atoms with Crippen molar-refractivity contribution in [2.45, 2.75) is 23.9 Å². The van der Waals surface area contributed by atoms with Gasteiger partial charge in [-0.05, 0) is 31.0 Å². The minimum Gasteiger partial charge on any atom is -0.550 e. The van der Waals surface area contributed by atoms with Gasteiger partial charge in [-0.1, -0.05) is 6.07 Å². The molecule has 1 aromatic carbocycles. The highest BCUT2D eigenvalue weighted by Gasteiger charge is 2.34. The van der Waals surface area contributed by atoms with Crippen LogP contribution in [0.1, 0.15) is 18.4 Å². The number of carboxylic acids is 1. The summed E-state index contributed by atoms with van der Waals surface area (Å²) in [5.41, 5.74) is -1.04. The molecule has 22 heavy (non-hydrogen) atoms. The fourth-order valence-electron chi connectivity index (χ4n) is 2.31. The van der Waals surface area contributed by atoms with Crippen LogP contribution in [-0.2, 0) is 21.0 Å². The summed E-state index contributed by atoms with van der Waals surface area (Å²) in [6.07, 6.45) is -4.46. The zero-order chi connectivity index (χ0) is 16.5. The Kier molecular flexibility index (Phi) is 4.48. The number of alkyl halides is 3. The summed E-state index contributed by atoms with van der Waals surface area (Å²) in [4.78, 5) is 10.3. The molecule has 0 spiro atoms. The molecule has 1 aromatic rings. The van der Waals surface area contributed by atoms with E-state index in [9.17, 15) is 31.5 Å². The van der Waals surface area contributed by atoms with E-state index in [1.807, 2.05) is 0 Å². The van der Waals surface area contributed by atoms with Crippen LogP contribution in [0.15, 0.2) is 29.2 Å². The number of carboxylic acid groups (broad SMARTS) is 1. The normalized spacial score (nSPS) is 18.3. The summed E-state index contributed by atoms with van der Waals surface area (Å²) in [5, 5.41) is 10.7. The molecule has 0 aliphatic carbocycles. The lowest BCUT2D eigenvalue weighted by molar-refractivity contribution is -0.312. The molecule has 0 N–H and O–H groups in total. The number of carbonyl (C=O) groups is 1. The first-order valence-corrected chi connectivity index (χ1v) is 7.94. The summed E-state index contributed by atoms with van der Waals surface area (Å²) in [5.74, 6) is -1.97. The minimum atomic E-state index is -4.63. The molecule has 1 aliphatic heterocycles. The van der Waals surface area contributed by atoms with Crippen molar-refractivity contribution in [1.82, 2.24) is 4.31 Å². The van der Waals surface area contributed by atoms with E-state index in [0.29, 0.717) is 6.07 Å². The summed E-state index contributed by atoms with van der Waals surface area (Å²) in [6, 6.07) is 3.50. The predicted molar refractivity (Wildman–Crippen MR) is 67.9 cm³/mol. The van der Waals surface area contributed by atoms with E-state index in [-0.39, 0.29) is 25.9 Å². The van der Waals surface area contributed by atoms with Crippen molar-refractivity contribution in [3.8, 4) is 0 Å². The van der Waals surface area contributed by atoms with E-state index < -0.39 is 38.5 Å². The van der Waals surface area contributed by atoms with Crippen LogP contribution in [0, 0.1) is 5.92 Å². The zero-order valence-corrected chi connectivity index (χ0v) is 12.2. The molecule has 0 atom stereocenters. The summed E-state index contributed by atoms with van der Waals surface area (Å²) < 4.78 is 63.7. The van der Waals surface area contributed by atoms with Gasteiger partial charge in [0.1, 0.15) is 0 Å². The van der Waals surface area contributed by atoms with Crippen molar-refractivity contribution < 1.29 is 31.5 Å². The Labute approximate surface area is 125 Å². The Morgan fingerprint density at radius 2 is 1.82 bits per heavy atom. The van der Waals surface area contributed by atoms with Crippen LogP contribution >= 0.6 is 0 Å². The largest absolute Gasteiger partial charge is 0.550 e. The number of benzene rings is 1. The number of hydrogen-bond acceptors (Lipinski definition) is 4. The monoisotopic (exact) mass is 336 g/mol. The Morgan fingerprint density at radius 1 is 1.23 bits per heavy atom. The van der Waals surface area contributed by atoms with Crippen LogP contribution < -0.4 is 5.11 Å². The molecule has 122 valence electrons. The molecule has 9 heteroatoms. The Bertz CT molecular complexity index is 664. The van der Waals surface area contributed by atoms with Crippen LogP contribution in [0.3, 0.4) is 0 Å². The van der Waals surface area contributed by atoms with Gasteiger partial charge in [0.25, 0.3) is 0 Å². The van der Waals surface area contributed by atoms with E-state index >= 15 is 0 Å². The first kappa shape index (κ1) is 16.8. The first-order valence-electron chi connectivity index (χ1n) is 6.50. The number of nitrogens with zero attached hydrogens (tertiary/aromatic N) is 1. The second-order valence-corrected chi connectivity index (χ2v) is 6.96. The van der Waals surface area contributed by atoms with Gasteiger partial charge in [-0.3, -0.25) is 0 Å². The van der Waals surface area contributed by atoms with Crippen LogP contribution in [0.25, 0.3) is 0 Å². The van der Waals surface area contributed by atoms with Gasteiger partial charge < -0.3 is 9.90 Å². The maximum Gasteiger partial charge on any atom is 0.416 e. The molecule has 1 heterocycles. The average molecular weight is 336 g/mol. The third kappa shape index (κ3) is 3.41. The highest BCUT2D eigenvalue weighted by molar-refractivity contribution is 7.89. The molecule has 0 radical (unpaired) electrons. The maximum absolute atomic E-state index is 12.7. The van der Waals surface area contributed by atoms with Crippen molar-refractivity contribution in [1.29, 1.82) is 0 Å². The molecular weight excluding hydrogens is 323 g/mol. The Morgan fingerprint density at radius 3 is 2.32 bits per heavy atom. The standard InChI is InChI=1S/C13H14F3NO4S/c14-13(15,16)10-2-1-3-11(8-10)22(20,21)17-6-4-9(5-7-17)12(18)19/h1-3,8-9H,4-7H2,(H,18,19)/p-1. The number of halogens is 3. The van der Waals surface area contributed by atoms with E-state index in [1.165, 1.54) is 0 Å². The molecule has 1 fully saturated rings. The first-order chi connectivity index (χ1) is 10.1. The molecule has 0 bridgehead atoms. The number of rotatable bonds is 3. The van der Waals surface area contributed by atoms with Crippen LogP contribution in [0.5, 0.6) is 0 Å². The molecule has 5 nitrogen and oxygen atoms in total. The quantitative estimate of drug-likeness (QED) is 0.820. The highest BCUT2D eigenvalue weighted by atomic mass is 32.2. The second kappa shape index (κ2) is 5.88. The topological polar surface area (TPSA) is 77.5 Å². The van der Waals surface area contributed by atoms with E-state index in [0.717, 1.165) is 22.5 Å². The Balaban J connectivity index is 2.23. The van der Waals surface area contributed by atoms with Crippen molar-refractivity contribution in [3.63, 3.8) is 0 Å². The fourth-order valence-corrected chi connectivity index (χ4v) is 3.83. The zero-order valence-electron chi connectivity index (χ0n) is 11.3. The number of carbonyl (C=O) groups excluding carboxylic acids is 1. The number of hydrogen-bond donors (Lipinski definition) is 0. The molecular formula is C13H13F3NO4S-. The summed E-state index contributed by atoms with van der Waals surface area (Å²) >= 11 is 0. The number of piperidine rings is 1. The number of aliphatic carboxylic acids is 1. The Hall–Kier alpha value is -1.61. The molecule has 0 unspecified atom stereocenters. The lowest BCUT2D eigenvalue weighted by Gasteiger charge is -2.31. The molecule has 0 saturated carbocycles. The third-order valence-electron chi connectivity index (χ3n) is 3.59. The van der Waals surface area contributed by atoms with E-state index in [1.54, 1.807) is 0 Å². The van der Waals surface area contributed by atoms with Gasteiger partial charge in [0, 0.05) is 25.0 Å². The average Bonchev–Trinajstić information content (AvgIpc) is 2.46. The lowest BCUT2D eigenvalue weighted by Crippen LogP contribution is -2.43. The van der Waals surface area contributed by atoms with Gasteiger partial charge in [0.15, 0.2) is 0 Å². The summed E-state index contributed by atoms with van der Waals surface area (Å²) in [6.45, 7) is -0.117. The van der Waals surface area contributed by atoms with Crippen molar-refractivity contribution in [2.24, 2.45) is 5.92 Å². The third-order valence-corrected chi connectivity index (χ3v) is 5.48. The van der Waals surface area contributed by atoms with Crippen molar-refractivity contribution >= 4 is 16.0 Å². The molecule has 0 amide bonds. The van der Waals surface area contributed by atoms with Crippen molar-refractivity contribution in [3.05, 3.63) is 29.8 Å². The van der Waals surface area contributed by atoms with Crippen LogP contribution in [0.2, 0.25) is 0 Å². The molecule has 0 aromatic heterocycles. The molecule has 1 saturated heterocycles. The second-order valence-electron chi connectivity index (χ2n) is 5.02. The van der Waals surface area contributed by atoms with Gasteiger partial charge >= 0.3 is 6.18 Å². The van der Waals surface area contributed by atoms with Gasteiger partial charge in [-0.25, -0.2) is 8.42 Å². The van der Waals surface area contributed by atoms with E-state index in [4.69, 9.17) is 0 Å². The predicted octanol–water partition coefficient (Wildman–Crippen LogP) is 0.856. The van der Waals surface area contributed by atoms with Crippen molar-refractivity contribution in [2.75, 3.05) is 13.1 Å². The van der Waals surface area contributed by atoms with Gasteiger partial charge in [-0.15, -0.1) is 0 Å². The SMILES string of the molecule is O=C([O-])C1CCN(S(=O)(=O)c2cccc(C(F)(F)F)c2)CC1. The highest BCUT2D eigenvalue weighted by Crippen LogP contribution is 2.31. The fraction of sp³-hybridized carbons (Fsp3) is 0.462. The maximum atomic E-state index is 12.7. The van der Waals surface area contributed by atoms with Gasteiger partial charge in [0.2, 0.25) is 10.0 Å². The minimum absolute atomic E-state index is 0.0583. The van der Waals surface area contributed by atoms with E-state index in [2.05, 4.69) is 0 Å². The van der Waals surface area contributed by atoms with Crippen LogP contribution in [-0.4, -0.2) is 31.8 Å². The van der Waals surface area contributed by atoms with Crippen LogP contribution in [0.4, 0.5) is 13.2 Å². The van der Waals surface area contributed by atoms with Gasteiger partial charge in [-0.2, -0.15) is 17.5 Å². The number of sulfonamides is 1. The summed E-state index contributed by atoms with van der Waals surface area (Å²) in [7, 11) is -4.07. The molecule has 1 aliphatic rings. The molecule has 2 rings (SSSR count). The smallest absolute Gasteiger partial charge is 0.416 e. The van der Waals surface area contributed by atoms with Gasteiger partial charge in [0.05, 0.1) is 10.5 Å². The lowest BCUT2D eigenvalue weighted by atomic mass is 9.99.